The fourth-order valence-corrected chi connectivity index (χ4v) is 2.06. The molecule has 0 aliphatic rings. The van der Waals surface area contributed by atoms with Crippen LogP contribution in [0.25, 0.3) is 0 Å². The molecule has 0 bridgehead atoms. The maximum absolute atomic E-state index is 11.8. The molecule has 1 aromatic carbocycles. The summed E-state index contributed by atoms with van der Waals surface area (Å²) in [6.07, 6.45) is 0. The normalized spacial score (nSPS) is 11.5. The largest absolute Gasteiger partial charge is 0.465 e. The molecule has 0 unspecified atom stereocenters. The maximum Gasteiger partial charge on any atom is 0.337 e. The van der Waals surface area contributed by atoms with E-state index in [1.807, 2.05) is 0 Å². The molecule has 1 rings (SSSR count). The number of rotatable bonds is 3. The molecule has 0 atom stereocenters. The molecule has 5 nitrogen and oxygen atoms in total. The van der Waals surface area contributed by atoms with Crippen molar-refractivity contribution in [2.24, 2.45) is 0 Å². The molecule has 6 heteroatoms. The molecule has 0 radical (unpaired) electrons. The first-order valence-electron chi connectivity index (χ1n) is 4.50. The number of hydrogen-bond donors (Lipinski definition) is 0. The summed E-state index contributed by atoms with van der Waals surface area (Å²) in [7, 11) is 0.591. The number of hydrogen-bond acceptors (Lipinski definition) is 4. The Balaban J connectivity index is 3.24. The highest BCUT2D eigenvalue weighted by atomic mass is 32.2. The average Bonchev–Trinajstić information content (AvgIpc) is 2.28. The number of carbonyl (C=O) groups excluding carboxylic acids is 1. The molecule has 0 N–H and O–H groups in total. The van der Waals surface area contributed by atoms with Crippen LogP contribution >= 0.6 is 0 Å². The monoisotopic (exact) mass is 243 g/mol. The zero-order valence-electron chi connectivity index (χ0n) is 9.30. The maximum atomic E-state index is 11.8. The van der Waals surface area contributed by atoms with E-state index in [1.54, 1.807) is 0 Å². The van der Waals surface area contributed by atoms with Crippen LogP contribution in [0, 0.1) is 0 Å². The molecule has 88 valence electrons. The fraction of sp³-hybridized carbons (Fsp3) is 0.300. The van der Waals surface area contributed by atoms with E-state index in [1.165, 1.54) is 45.5 Å². The van der Waals surface area contributed by atoms with Crippen molar-refractivity contribution in [2.75, 3.05) is 21.2 Å². The standard InChI is InChI=1S/C10H13NO4S/c1-11(2)16(13,14)9-6-4-5-8(7-9)10(12)15-3/h4-7H,1-3H3. The van der Waals surface area contributed by atoms with Crippen molar-refractivity contribution in [2.45, 2.75) is 4.90 Å². The van der Waals surface area contributed by atoms with E-state index >= 15 is 0 Å². The average molecular weight is 243 g/mol. The molecule has 0 spiro atoms. The van der Waals surface area contributed by atoms with E-state index in [0.29, 0.717) is 0 Å². The van der Waals surface area contributed by atoms with Gasteiger partial charge in [-0.3, -0.25) is 0 Å². The van der Waals surface area contributed by atoms with E-state index in [2.05, 4.69) is 4.74 Å². The summed E-state index contributed by atoms with van der Waals surface area (Å²) in [4.78, 5) is 11.3. The second-order valence-corrected chi connectivity index (χ2v) is 5.46. The van der Waals surface area contributed by atoms with Gasteiger partial charge in [-0.15, -0.1) is 0 Å². The minimum absolute atomic E-state index is 0.0698. The Kier molecular flexibility index (Phi) is 3.66. The summed E-state index contributed by atoms with van der Waals surface area (Å²) in [5, 5.41) is 0. The molecule has 0 amide bonds. The van der Waals surface area contributed by atoms with E-state index in [-0.39, 0.29) is 10.5 Å². The Morgan fingerprint density at radius 1 is 1.31 bits per heavy atom. The first kappa shape index (κ1) is 12.7. The predicted octanol–water partition coefficient (Wildman–Crippen LogP) is 0.723. The molecule has 0 saturated carbocycles. The third-order valence-corrected chi connectivity index (χ3v) is 3.84. The van der Waals surface area contributed by atoms with Gasteiger partial charge in [0.2, 0.25) is 10.0 Å². The number of methoxy groups -OCH3 is 1. The third-order valence-electron chi connectivity index (χ3n) is 2.03. The van der Waals surface area contributed by atoms with Gasteiger partial charge in [0.1, 0.15) is 0 Å². The summed E-state index contributed by atoms with van der Waals surface area (Å²) in [6, 6.07) is 5.73. The first-order chi connectivity index (χ1) is 7.39. The van der Waals surface area contributed by atoms with E-state index in [4.69, 9.17) is 0 Å². The Labute approximate surface area is 94.7 Å². The van der Waals surface area contributed by atoms with E-state index in [9.17, 15) is 13.2 Å². The molecular weight excluding hydrogens is 230 g/mol. The van der Waals surface area contributed by atoms with Crippen molar-refractivity contribution in [3.05, 3.63) is 29.8 Å². The highest BCUT2D eigenvalue weighted by Crippen LogP contribution is 2.15. The van der Waals surface area contributed by atoms with Crippen molar-refractivity contribution in [3.63, 3.8) is 0 Å². The lowest BCUT2D eigenvalue weighted by Crippen LogP contribution is -2.22. The van der Waals surface area contributed by atoms with E-state index in [0.717, 1.165) is 4.31 Å². The van der Waals surface area contributed by atoms with Gasteiger partial charge >= 0.3 is 5.97 Å². The number of esters is 1. The Morgan fingerprint density at radius 2 is 1.94 bits per heavy atom. The first-order valence-corrected chi connectivity index (χ1v) is 5.94. The number of nitrogens with zero attached hydrogens (tertiary/aromatic N) is 1. The van der Waals surface area contributed by atoms with Gasteiger partial charge in [0.05, 0.1) is 17.6 Å². The molecule has 0 heterocycles. The van der Waals surface area contributed by atoms with Crippen LogP contribution in [0.1, 0.15) is 10.4 Å². The highest BCUT2D eigenvalue weighted by molar-refractivity contribution is 7.89. The van der Waals surface area contributed by atoms with Crippen molar-refractivity contribution >= 4 is 16.0 Å². The van der Waals surface area contributed by atoms with Gasteiger partial charge in [-0.05, 0) is 18.2 Å². The predicted molar refractivity (Wildman–Crippen MR) is 58.7 cm³/mol. The lowest BCUT2D eigenvalue weighted by Gasteiger charge is -2.11. The van der Waals surface area contributed by atoms with Crippen LogP contribution in [0.3, 0.4) is 0 Å². The SMILES string of the molecule is COC(=O)c1cccc(S(=O)(=O)N(C)C)c1. The second-order valence-electron chi connectivity index (χ2n) is 3.31. The van der Waals surface area contributed by atoms with E-state index < -0.39 is 16.0 Å². The lowest BCUT2D eigenvalue weighted by atomic mass is 10.2. The molecule has 16 heavy (non-hydrogen) atoms. The third kappa shape index (κ3) is 2.40. The van der Waals surface area contributed by atoms with Crippen LogP contribution < -0.4 is 0 Å². The highest BCUT2D eigenvalue weighted by Gasteiger charge is 2.18. The molecule has 0 aromatic heterocycles. The van der Waals surface area contributed by atoms with Crippen molar-refractivity contribution < 1.29 is 17.9 Å². The van der Waals surface area contributed by atoms with Crippen LogP contribution in [0.15, 0.2) is 29.2 Å². The molecule has 0 fully saturated rings. The summed E-state index contributed by atoms with van der Waals surface area (Å²) >= 11 is 0. The number of carbonyl (C=O) groups is 1. The Bertz CT molecular complexity index is 493. The molecule has 1 aromatic rings. The minimum atomic E-state index is -3.52. The van der Waals surface area contributed by atoms with Crippen LogP contribution in [0.5, 0.6) is 0 Å². The van der Waals surface area contributed by atoms with Gasteiger partial charge in [-0.1, -0.05) is 6.07 Å². The van der Waals surface area contributed by atoms with Crippen LogP contribution in [-0.4, -0.2) is 39.9 Å². The molecule has 0 saturated heterocycles. The van der Waals surface area contributed by atoms with Gasteiger partial charge in [0.15, 0.2) is 0 Å². The summed E-state index contributed by atoms with van der Waals surface area (Å²) < 4.78 is 29.1. The summed E-state index contributed by atoms with van der Waals surface area (Å²) in [6.45, 7) is 0. The lowest BCUT2D eigenvalue weighted by molar-refractivity contribution is 0.0600. The summed E-state index contributed by atoms with van der Waals surface area (Å²) in [5.41, 5.74) is 0.213. The van der Waals surface area contributed by atoms with Crippen molar-refractivity contribution in [1.29, 1.82) is 0 Å². The molecular formula is C10H13NO4S. The van der Waals surface area contributed by atoms with Gasteiger partial charge < -0.3 is 4.74 Å². The van der Waals surface area contributed by atoms with Crippen LogP contribution in [0.2, 0.25) is 0 Å². The van der Waals surface area contributed by atoms with Gasteiger partial charge in [-0.2, -0.15) is 0 Å². The smallest absolute Gasteiger partial charge is 0.337 e. The van der Waals surface area contributed by atoms with Crippen molar-refractivity contribution in [3.8, 4) is 0 Å². The minimum Gasteiger partial charge on any atom is -0.465 e. The van der Waals surface area contributed by atoms with Gasteiger partial charge in [-0.25, -0.2) is 17.5 Å². The number of benzene rings is 1. The van der Waals surface area contributed by atoms with Gasteiger partial charge in [0, 0.05) is 14.1 Å². The number of sulfonamides is 1. The Hall–Kier alpha value is -1.40. The zero-order chi connectivity index (χ0) is 12.3. The Morgan fingerprint density at radius 3 is 2.44 bits per heavy atom. The fourth-order valence-electron chi connectivity index (χ4n) is 1.11. The van der Waals surface area contributed by atoms with Crippen LogP contribution in [-0.2, 0) is 14.8 Å². The molecule has 0 aliphatic carbocycles. The topological polar surface area (TPSA) is 63.7 Å². The van der Waals surface area contributed by atoms with Gasteiger partial charge in [0.25, 0.3) is 0 Å². The zero-order valence-corrected chi connectivity index (χ0v) is 10.1. The second kappa shape index (κ2) is 4.63. The van der Waals surface area contributed by atoms with Crippen molar-refractivity contribution in [1.82, 2.24) is 4.31 Å². The summed E-state index contributed by atoms with van der Waals surface area (Å²) in [5.74, 6) is -0.559. The van der Waals surface area contributed by atoms with Crippen LogP contribution in [0.4, 0.5) is 0 Å². The molecule has 0 aliphatic heterocycles. The quantitative estimate of drug-likeness (QED) is 0.734. The number of ether oxygens (including phenoxy) is 1.